The Hall–Kier alpha value is -1.67. The van der Waals surface area contributed by atoms with Crippen LogP contribution in [0.25, 0.3) is 0 Å². The van der Waals surface area contributed by atoms with Crippen molar-refractivity contribution in [2.24, 2.45) is 0 Å². The van der Waals surface area contributed by atoms with E-state index in [1.807, 2.05) is 38.1 Å². The molecule has 0 fully saturated rings. The van der Waals surface area contributed by atoms with Crippen LogP contribution in [-0.2, 0) is 13.6 Å². The van der Waals surface area contributed by atoms with Crippen molar-refractivity contribution in [3.05, 3.63) is 82.2 Å². The zero-order valence-electron chi connectivity index (χ0n) is 16.4. The Morgan fingerprint density at radius 1 is 0.962 bits per heavy atom. The van der Waals surface area contributed by atoms with Crippen molar-refractivity contribution in [2.45, 2.75) is 40.5 Å². The summed E-state index contributed by atoms with van der Waals surface area (Å²) in [6.07, 6.45) is 1.96. The number of hydrogen-bond acceptors (Lipinski definition) is 3. The fourth-order valence-electron chi connectivity index (χ4n) is 3.39. The minimum Gasteiger partial charge on any atom is -0.306 e. The lowest BCUT2D eigenvalue weighted by Gasteiger charge is -2.21. The van der Waals surface area contributed by atoms with Gasteiger partial charge in [0.15, 0.2) is 0 Å². The van der Waals surface area contributed by atoms with Gasteiger partial charge in [0.2, 0.25) is 0 Å². The highest BCUT2D eigenvalue weighted by atomic mass is 31.2. The summed E-state index contributed by atoms with van der Waals surface area (Å²) in [6, 6.07) is 14.6. The maximum atomic E-state index is 12.9. The molecule has 2 aromatic carbocycles. The van der Waals surface area contributed by atoms with Gasteiger partial charge in [0.25, 0.3) is 0 Å². The van der Waals surface area contributed by atoms with Gasteiger partial charge in [-0.2, -0.15) is 0 Å². The Morgan fingerprint density at radius 2 is 1.50 bits per heavy atom. The van der Waals surface area contributed by atoms with Gasteiger partial charge in [0, 0.05) is 11.7 Å². The van der Waals surface area contributed by atoms with E-state index in [4.69, 9.17) is 9.05 Å². The van der Waals surface area contributed by atoms with E-state index in [-0.39, 0.29) is 5.92 Å². The molecule has 1 unspecified atom stereocenters. The van der Waals surface area contributed by atoms with E-state index in [1.165, 1.54) is 22.3 Å². The van der Waals surface area contributed by atoms with Crippen LogP contribution < -0.4 is 0 Å². The summed E-state index contributed by atoms with van der Waals surface area (Å²) in [5.41, 5.74) is 6.08. The van der Waals surface area contributed by atoms with Gasteiger partial charge in [-0.15, -0.1) is 0 Å². The third-order valence-corrected chi connectivity index (χ3v) is 6.06. The number of aryl methyl sites for hydroxylation is 3. The number of allylic oxidation sites excluding steroid dienone is 1. The van der Waals surface area contributed by atoms with Gasteiger partial charge >= 0.3 is 7.60 Å². The second kappa shape index (κ2) is 9.32. The molecule has 3 nitrogen and oxygen atoms in total. The summed E-state index contributed by atoms with van der Waals surface area (Å²) >= 11 is 0. The highest BCUT2D eigenvalue weighted by molar-refractivity contribution is 7.57. The highest BCUT2D eigenvalue weighted by Gasteiger charge is 2.22. The van der Waals surface area contributed by atoms with Crippen molar-refractivity contribution in [3.63, 3.8) is 0 Å². The molecule has 0 amide bonds. The SMILES string of the molecule is CCOP(=O)(/C=C/C(c1ccccc1)c1c(C)cc(C)cc1C)OCC. The fourth-order valence-corrected chi connectivity index (χ4v) is 4.74. The summed E-state index contributed by atoms with van der Waals surface area (Å²) in [6.45, 7) is 10.7. The van der Waals surface area contributed by atoms with Crippen molar-refractivity contribution >= 4 is 7.60 Å². The zero-order chi connectivity index (χ0) is 19.2. The summed E-state index contributed by atoms with van der Waals surface area (Å²) < 4.78 is 23.7. The first-order valence-electron chi connectivity index (χ1n) is 9.11. The Balaban J connectivity index is 2.54. The molecule has 140 valence electrons. The van der Waals surface area contributed by atoms with Crippen LogP contribution in [0, 0.1) is 20.8 Å². The molecule has 1 atom stereocenters. The molecular weight excluding hydrogens is 343 g/mol. The lowest BCUT2D eigenvalue weighted by atomic mass is 9.85. The predicted molar refractivity (Wildman–Crippen MR) is 109 cm³/mol. The highest BCUT2D eigenvalue weighted by Crippen LogP contribution is 2.50. The molecule has 4 heteroatoms. The van der Waals surface area contributed by atoms with Gasteiger partial charge < -0.3 is 9.05 Å². The smallest absolute Gasteiger partial charge is 0.306 e. The van der Waals surface area contributed by atoms with Crippen LogP contribution in [0.3, 0.4) is 0 Å². The van der Waals surface area contributed by atoms with Gasteiger partial charge in [0.05, 0.1) is 13.2 Å². The summed E-state index contributed by atoms with van der Waals surface area (Å²) in [7, 11) is -3.23. The maximum absolute atomic E-state index is 12.9. The summed E-state index contributed by atoms with van der Waals surface area (Å²) in [4.78, 5) is 0. The van der Waals surface area contributed by atoms with E-state index in [9.17, 15) is 4.57 Å². The van der Waals surface area contributed by atoms with Crippen LogP contribution in [0.2, 0.25) is 0 Å². The van der Waals surface area contributed by atoms with Gasteiger partial charge in [-0.05, 0) is 56.9 Å². The Morgan fingerprint density at radius 3 is 2.00 bits per heavy atom. The van der Waals surface area contributed by atoms with E-state index >= 15 is 0 Å². The first-order chi connectivity index (χ1) is 12.4. The normalized spacial score (nSPS) is 13.3. The van der Waals surface area contributed by atoms with Crippen LogP contribution in [-0.4, -0.2) is 13.2 Å². The lowest BCUT2D eigenvalue weighted by Crippen LogP contribution is -2.04. The Kier molecular flexibility index (Phi) is 7.40. The van der Waals surface area contributed by atoms with Crippen LogP contribution in [0.1, 0.15) is 47.6 Å². The van der Waals surface area contributed by atoms with Crippen molar-refractivity contribution in [2.75, 3.05) is 13.2 Å². The van der Waals surface area contributed by atoms with Crippen molar-refractivity contribution in [1.29, 1.82) is 0 Å². The van der Waals surface area contributed by atoms with Crippen molar-refractivity contribution in [3.8, 4) is 0 Å². The third-order valence-electron chi connectivity index (χ3n) is 4.29. The molecule has 0 radical (unpaired) electrons. The quantitative estimate of drug-likeness (QED) is 0.495. The lowest BCUT2D eigenvalue weighted by molar-refractivity contribution is 0.229. The van der Waals surface area contributed by atoms with Crippen LogP contribution in [0.4, 0.5) is 0 Å². The predicted octanol–water partition coefficient (Wildman–Crippen LogP) is 6.52. The minimum atomic E-state index is -3.23. The molecule has 2 rings (SSSR count). The molecule has 0 spiro atoms. The van der Waals surface area contributed by atoms with E-state index in [0.717, 1.165) is 5.56 Å². The first kappa shape index (κ1) is 20.6. The minimum absolute atomic E-state index is 0.00830. The molecule has 0 aliphatic rings. The van der Waals surface area contributed by atoms with E-state index < -0.39 is 7.60 Å². The third kappa shape index (κ3) is 5.17. The molecule has 0 N–H and O–H groups in total. The molecule has 0 aliphatic heterocycles. The number of benzene rings is 2. The number of hydrogen-bond donors (Lipinski definition) is 0. The second-order valence-corrected chi connectivity index (χ2v) is 8.31. The van der Waals surface area contributed by atoms with Crippen molar-refractivity contribution in [1.82, 2.24) is 0 Å². The average Bonchev–Trinajstić information content (AvgIpc) is 2.58. The zero-order valence-corrected chi connectivity index (χ0v) is 17.3. The summed E-state index contributed by atoms with van der Waals surface area (Å²) in [5.74, 6) is 1.61. The topological polar surface area (TPSA) is 35.5 Å². The van der Waals surface area contributed by atoms with Crippen molar-refractivity contribution < 1.29 is 13.6 Å². The standard InChI is InChI=1S/C22H29O3P/c1-6-24-26(23,25-7-2)14-13-21(20-11-9-8-10-12-20)22-18(4)15-17(3)16-19(22)5/h8-16,21H,6-7H2,1-5H3/b14-13+. The fraction of sp³-hybridized carbons (Fsp3) is 0.364. The van der Waals surface area contributed by atoms with Crippen LogP contribution in [0.5, 0.6) is 0 Å². The molecule has 0 bridgehead atoms. The monoisotopic (exact) mass is 372 g/mol. The Labute approximate surface area is 157 Å². The van der Waals surface area contributed by atoms with Gasteiger partial charge in [-0.3, -0.25) is 4.57 Å². The molecule has 0 aliphatic carbocycles. The van der Waals surface area contributed by atoms with E-state index in [2.05, 4.69) is 45.0 Å². The van der Waals surface area contributed by atoms with Gasteiger partial charge in [-0.1, -0.05) is 54.1 Å². The molecule has 26 heavy (non-hydrogen) atoms. The molecule has 2 aromatic rings. The number of rotatable bonds is 8. The molecular formula is C22H29O3P. The second-order valence-electron chi connectivity index (χ2n) is 6.42. The maximum Gasteiger partial charge on any atom is 0.353 e. The van der Waals surface area contributed by atoms with E-state index in [1.54, 1.807) is 5.82 Å². The summed E-state index contributed by atoms with van der Waals surface area (Å²) in [5, 5.41) is 0. The van der Waals surface area contributed by atoms with Crippen LogP contribution in [0.15, 0.2) is 54.4 Å². The molecule has 0 saturated heterocycles. The van der Waals surface area contributed by atoms with Gasteiger partial charge in [-0.25, -0.2) is 0 Å². The Bertz CT molecular complexity index is 763. The molecule has 0 heterocycles. The van der Waals surface area contributed by atoms with Crippen LogP contribution >= 0.6 is 7.60 Å². The molecule has 0 aromatic heterocycles. The first-order valence-corrected chi connectivity index (χ1v) is 10.7. The largest absolute Gasteiger partial charge is 0.353 e. The van der Waals surface area contributed by atoms with Gasteiger partial charge in [0.1, 0.15) is 0 Å². The molecule has 0 saturated carbocycles. The van der Waals surface area contributed by atoms with E-state index in [0.29, 0.717) is 13.2 Å². The average molecular weight is 372 g/mol.